The van der Waals surface area contributed by atoms with Gasteiger partial charge in [0, 0.05) is 49.7 Å². The molecule has 0 radical (unpaired) electrons. The molecule has 8 heteroatoms. The Morgan fingerprint density at radius 1 is 1.20 bits per heavy atom. The van der Waals surface area contributed by atoms with Crippen molar-refractivity contribution >= 4 is 11.7 Å². The molecule has 8 nitrogen and oxygen atoms in total. The van der Waals surface area contributed by atoms with Gasteiger partial charge in [0.05, 0.1) is 17.5 Å². The summed E-state index contributed by atoms with van der Waals surface area (Å²) in [5.41, 5.74) is 2.38. The van der Waals surface area contributed by atoms with Crippen molar-refractivity contribution < 1.29 is 4.79 Å². The lowest BCUT2D eigenvalue weighted by Crippen LogP contribution is -2.51. The Balaban J connectivity index is 1.28. The molecule has 0 aliphatic carbocycles. The first-order valence-electron chi connectivity index (χ1n) is 8.05. The number of hydrogen-bond donors (Lipinski definition) is 2. The van der Waals surface area contributed by atoms with Gasteiger partial charge < -0.3 is 10.2 Å². The lowest BCUT2D eigenvalue weighted by atomic mass is 10.00. The summed E-state index contributed by atoms with van der Waals surface area (Å²) in [4.78, 5) is 18.0. The fourth-order valence-electron chi connectivity index (χ4n) is 2.77. The minimum Gasteiger partial charge on any atom is -0.354 e. The average Bonchev–Trinajstić information content (AvgIpc) is 3.16. The Kier molecular flexibility index (Phi) is 4.07. The minimum absolute atomic E-state index is 0.103. The van der Waals surface area contributed by atoms with E-state index in [4.69, 9.17) is 0 Å². The van der Waals surface area contributed by atoms with Crippen LogP contribution in [0.5, 0.6) is 0 Å². The van der Waals surface area contributed by atoms with Crippen LogP contribution in [0.1, 0.15) is 10.4 Å². The largest absolute Gasteiger partial charge is 0.354 e. The molecule has 126 valence electrons. The van der Waals surface area contributed by atoms with Crippen molar-refractivity contribution in [2.75, 3.05) is 24.5 Å². The van der Waals surface area contributed by atoms with Crippen LogP contribution in [-0.4, -0.2) is 50.9 Å². The Hall–Kier alpha value is -3.29. The molecular weight excluding hydrogens is 318 g/mol. The van der Waals surface area contributed by atoms with Crippen LogP contribution < -0.4 is 10.2 Å². The van der Waals surface area contributed by atoms with Crippen molar-refractivity contribution in [3.8, 4) is 11.3 Å². The molecule has 3 aromatic heterocycles. The number of nitrogens with one attached hydrogen (secondary N) is 2. The predicted molar refractivity (Wildman–Crippen MR) is 91.9 cm³/mol. The molecule has 0 spiro atoms. The Morgan fingerprint density at radius 3 is 2.72 bits per heavy atom. The highest BCUT2D eigenvalue weighted by Gasteiger charge is 2.28. The number of pyridine rings is 1. The molecule has 0 unspecified atom stereocenters. The van der Waals surface area contributed by atoms with E-state index in [1.165, 1.54) is 6.20 Å². The van der Waals surface area contributed by atoms with Gasteiger partial charge in [0.2, 0.25) is 0 Å². The number of hydrogen-bond acceptors (Lipinski definition) is 6. The molecule has 25 heavy (non-hydrogen) atoms. The normalized spacial score (nSPS) is 14.2. The van der Waals surface area contributed by atoms with Gasteiger partial charge in [-0.25, -0.2) is 0 Å². The summed E-state index contributed by atoms with van der Waals surface area (Å²) in [5.74, 6) is 1.17. The second kappa shape index (κ2) is 6.68. The van der Waals surface area contributed by atoms with Crippen molar-refractivity contribution in [3.05, 3.63) is 54.6 Å². The van der Waals surface area contributed by atoms with Crippen molar-refractivity contribution in [3.63, 3.8) is 0 Å². The fraction of sp³-hybridized carbons (Fsp3) is 0.235. The Labute approximate surface area is 144 Å². The summed E-state index contributed by atoms with van der Waals surface area (Å²) in [7, 11) is 0. The Morgan fingerprint density at radius 2 is 2.04 bits per heavy atom. The molecule has 4 rings (SSSR count). The quantitative estimate of drug-likeness (QED) is 0.725. The van der Waals surface area contributed by atoms with Crippen molar-refractivity contribution in [1.29, 1.82) is 0 Å². The minimum atomic E-state index is -0.103. The molecule has 0 saturated carbocycles. The number of nitrogens with zero attached hydrogens (tertiary/aromatic N) is 5. The van der Waals surface area contributed by atoms with Gasteiger partial charge in [-0.1, -0.05) is 0 Å². The van der Waals surface area contributed by atoms with E-state index < -0.39 is 0 Å². The van der Waals surface area contributed by atoms with E-state index in [-0.39, 0.29) is 5.91 Å². The third-order valence-electron chi connectivity index (χ3n) is 4.22. The number of rotatable bonds is 5. The standard InChI is InChI=1S/C17H17N7O/c25-17(14-8-20-21-9-14)19-7-12-10-24(11-12)16-2-1-15(22-23-16)13-3-5-18-6-4-13/h1-6,8-9,12H,7,10-11H2,(H,19,25)(H,20,21). The van der Waals surface area contributed by atoms with Crippen LogP contribution in [0.2, 0.25) is 0 Å². The first-order chi connectivity index (χ1) is 12.3. The van der Waals surface area contributed by atoms with Gasteiger partial charge in [0.15, 0.2) is 5.82 Å². The van der Waals surface area contributed by atoms with Crippen LogP contribution in [0.4, 0.5) is 5.82 Å². The van der Waals surface area contributed by atoms with Gasteiger partial charge in [0.25, 0.3) is 5.91 Å². The maximum absolute atomic E-state index is 11.9. The first-order valence-corrected chi connectivity index (χ1v) is 8.05. The molecule has 1 aliphatic heterocycles. The van der Waals surface area contributed by atoms with Gasteiger partial charge in [-0.15, -0.1) is 10.2 Å². The number of aromatic amines is 1. The highest BCUT2D eigenvalue weighted by atomic mass is 16.1. The number of anilines is 1. The molecule has 1 saturated heterocycles. The van der Waals surface area contributed by atoms with E-state index in [1.54, 1.807) is 18.6 Å². The zero-order chi connectivity index (χ0) is 17.1. The van der Waals surface area contributed by atoms with E-state index in [1.807, 2.05) is 24.3 Å². The van der Waals surface area contributed by atoms with Gasteiger partial charge in [0.1, 0.15) is 0 Å². The number of H-pyrrole nitrogens is 1. The highest BCUT2D eigenvalue weighted by molar-refractivity contribution is 5.93. The van der Waals surface area contributed by atoms with Gasteiger partial charge in [-0.3, -0.25) is 14.9 Å². The molecule has 2 N–H and O–H groups in total. The summed E-state index contributed by atoms with van der Waals surface area (Å²) >= 11 is 0. The van der Waals surface area contributed by atoms with E-state index in [2.05, 4.69) is 35.6 Å². The fourth-order valence-corrected chi connectivity index (χ4v) is 2.77. The number of amides is 1. The Bertz CT molecular complexity index is 827. The first kappa shape index (κ1) is 15.3. The molecule has 0 aromatic carbocycles. The zero-order valence-electron chi connectivity index (χ0n) is 13.5. The number of aromatic nitrogens is 5. The summed E-state index contributed by atoms with van der Waals surface area (Å²) in [6.45, 7) is 2.35. The molecule has 0 bridgehead atoms. The lowest BCUT2D eigenvalue weighted by Gasteiger charge is -2.39. The molecule has 1 fully saturated rings. The molecule has 1 aliphatic rings. The van der Waals surface area contributed by atoms with Crippen LogP contribution in [-0.2, 0) is 0 Å². The molecule has 3 aromatic rings. The van der Waals surface area contributed by atoms with Gasteiger partial charge in [-0.2, -0.15) is 5.10 Å². The maximum atomic E-state index is 11.9. The van der Waals surface area contributed by atoms with Crippen molar-refractivity contribution in [1.82, 2.24) is 30.7 Å². The van der Waals surface area contributed by atoms with Crippen molar-refractivity contribution in [2.45, 2.75) is 0 Å². The third-order valence-corrected chi connectivity index (χ3v) is 4.22. The van der Waals surface area contributed by atoms with Crippen molar-refractivity contribution in [2.24, 2.45) is 5.92 Å². The third kappa shape index (κ3) is 3.32. The second-order valence-electron chi connectivity index (χ2n) is 5.98. The SMILES string of the molecule is O=C(NCC1CN(c2ccc(-c3ccncc3)nn2)C1)c1cn[nH]c1. The van der Waals surface area contributed by atoms with Crippen LogP contribution >= 0.6 is 0 Å². The highest BCUT2D eigenvalue weighted by Crippen LogP contribution is 2.23. The van der Waals surface area contributed by atoms with Gasteiger partial charge in [-0.05, 0) is 24.3 Å². The monoisotopic (exact) mass is 335 g/mol. The smallest absolute Gasteiger partial charge is 0.254 e. The van der Waals surface area contributed by atoms with E-state index in [9.17, 15) is 4.79 Å². The maximum Gasteiger partial charge on any atom is 0.254 e. The van der Waals surface area contributed by atoms with Crippen LogP contribution in [0, 0.1) is 5.92 Å². The summed E-state index contributed by atoms with van der Waals surface area (Å²) < 4.78 is 0. The van der Waals surface area contributed by atoms with Crippen LogP contribution in [0.15, 0.2) is 49.1 Å². The number of carbonyl (C=O) groups excluding carboxylic acids is 1. The van der Waals surface area contributed by atoms with Crippen LogP contribution in [0.3, 0.4) is 0 Å². The topological polar surface area (TPSA) is 99.7 Å². The van der Waals surface area contributed by atoms with E-state index in [0.29, 0.717) is 18.0 Å². The van der Waals surface area contributed by atoms with Gasteiger partial charge >= 0.3 is 0 Å². The summed E-state index contributed by atoms with van der Waals surface area (Å²) in [6, 6.07) is 7.76. The molecular formula is C17H17N7O. The summed E-state index contributed by atoms with van der Waals surface area (Å²) in [5, 5.41) is 17.9. The van der Waals surface area contributed by atoms with E-state index in [0.717, 1.165) is 30.2 Å². The molecule has 1 amide bonds. The van der Waals surface area contributed by atoms with E-state index >= 15 is 0 Å². The number of carbonyl (C=O) groups is 1. The predicted octanol–water partition coefficient (Wildman–Crippen LogP) is 1.13. The van der Waals surface area contributed by atoms with Crippen LogP contribution in [0.25, 0.3) is 11.3 Å². The second-order valence-corrected chi connectivity index (χ2v) is 5.98. The molecule has 4 heterocycles. The lowest BCUT2D eigenvalue weighted by molar-refractivity contribution is 0.0944. The summed E-state index contributed by atoms with van der Waals surface area (Å²) in [6.07, 6.45) is 6.58. The average molecular weight is 335 g/mol. The zero-order valence-corrected chi connectivity index (χ0v) is 13.5. The molecule has 0 atom stereocenters.